The Kier molecular flexibility index (Phi) is 4.84. The van der Waals surface area contributed by atoms with Crippen molar-refractivity contribution >= 4 is 22.5 Å². The summed E-state index contributed by atoms with van der Waals surface area (Å²) in [5.74, 6) is 0. The van der Waals surface area contributed by atoms with Crippen LogP contribution in [0.1, 0.15) is 17.0 Å². The van der Waals surface area contributed by atoms with Crippen LogP contribution in [-0.2, 0) is 4.74 Å². The summed E-state index contributed by atoms with van der Waals surface area (Å²) in [6.07, 6.45) is 0. The van der Waals surface area contributed by atoms with Crippen LogP contribution in [0, 0.1) is 35.8 Å². The maximum absolute atomic E-state index is 12.7. The van der Waals surface area contributed by atoms with Crippen LogP contribution in [0.4, 0.5) is 9.93 Å². The van der Waals surface area contributed by atoms with Gasteiger partial charge in [0.05, 0.1) is 40.8 Å². The van der Waals surface area contributed by atoms with Gasteiger partial charge in [-0.25, -0.2) is 9.78 Å². The van der Waals surface area contributed by atoms with Gasteiger partial charge < -0.3 is 14.8 Å². The van der Waals surface area contributed by atoms with Crippen molar-refractivity contribution in [3.8, 4) is 27.8 Å². The highest BCUT2D eigenvalue weighted by molar-refractivity contribution is 7.19. The number of ether oxygens (including phenoxy) is 1. The van der Waals surface area contributed by atoms with E-state index in [-0.39, 0.29) is 11.4 Å². The van der Waals surface area contributed by atoms with E-state index < -0.39 is 0 Å². The van der Waals surface area contributed by atoms with Gasteiger partial charge in [-0.3, -0.25) is 5.32 Å². The molecule has 0 unspecified atom stereocenters. The molecule has 2 aliphatic heterocycles. The average Bonchev–Trinajstić information content (AvgIpc) is 3.13. The summed E-state index contributed by atoms with van der Waals surface area (Å²) >= 11 is 1.36. The smallest absolute Gasteiger partial charge is 0.323 e. The summed E-state index contributed by atoms with van der Waals surface area (Å²) in [4.78, 5) is 20.0. The molecule has 2 saturated heterocycles. The molecular formula is C23H21N5O3S. The number of carbonyl (C=O) groups is 1. The Bertz CT molecular complexity index is 1240. The maximum Gasteiger partial charge on any atom is 0.323 e. The van der Waals surface area contributed by atoms with Gasteiger partial charge in [0, 0.05) is 50.2 Å². The van der Waals surface area contributed by atoms with Crippen molar-refractivity contribution in [1.82, 2.24) is 9.88 Å². The maximum atomic E-state index is 12.7. The zero-order valence-electron chi connectivity index (χ0n) is 17.7. The lowest BCUT2D eigenvalue weighted by Crippen LogP contribution is -2.67. The molecule has 2 aromatic heterocycles. The van der Waals surface area contributed by atoms with Gasteiger partial charge in [0.2, 0.25) is 0 Å². The number of pyridine rings is 1. The van der Waals surface area contributed by atoms with Gasteiger partial charge in [-0.1, -0.05) is 23.5 Å². The van der Waals surface area contributed by atoms with Crippen molar-refractivity contribution in [3.05, 3.63) is 58.6 Å². The van der Waals surface area contributed by atoms with Gasteiger partial charge in [0.1, 0.15) is 0 Å². The Morgan fingerprint density at radius 2 is 1.97 bits per heavy atom. The molecule has 1 N–H and O–H groups in total. The molecule has 1 spiro atoms. The normalized spacial score (nSPS) is 16.2. The molecule has 3 aromatic rings. The molecule has 5 rings (SSSR count). The van der Waals surface area contributed by atoms with E-state index in [1.807, 2.05) is 24.3 Å². The highest BCUT2D eigenvalue weighted by Gasteiger charge is 2.50. The number of anilines is 1. The van der Waals surface area contributed by atoms with Gasteiger partial charge >= 0.3 is 6.03 Å². The molecule has 4 heterocycles. The first-order chi connectivity index (χ1) is 15.4. The number of urea groups is 1. The second-order valence-electron chi connectivity index (χ2n) is 8.49. The minimum Gasteiger partial charge on any atom is -0.618 e. The van der Waals surface area contributed by atoms with E-state index in [2.05, 4.69) is 11.4 Å². The minimum atomic E-state index is -0.182. The lowest BCUT2D eigenvalue weighted by Gasteiger charge is -2.54. The molecule has 9 heteroatoms. The minimum absolute atomic E-state index is 0.140. The van der Waals surface area contributed by atoms with E-state index in [0.29, 0.717) is 54.1 Å². The van der Waals surface area contributed by atoms with E-state index in [1.165, 1.54) is 11.3 Å². The number of benzene rings is 1. The number of rotatable bonds is 3. The van der Waals surface area contributed by atoms with Gasteiger partial charge in [-0.05, 0) is 12.1 Å². The highest BCUT2D eigenvalue weighted by atomic mass is 32.1. The van der Waals surface area contributed by atoms with Gasteiger partial charge in [-0.2, -0.15) is 9.99 Å². The van der Waals surface area contributed by atoms with Crippen LogP contribution in [-0.4, -0.2) is 42.2 Å². The first kappa shape index (κ1) is 20.4. The SMILES string of the molecule is Cc1cc(-c2sc(NC(=O)N3CC4(COC4)C3)nc2-c2cccc(C#N)c2)cc(C)[n+]1[O-]. The molecular weight excluding hydrogens is 426 g/mol. The first-order valence-electron chi connectivity index (χ1n) is 10.2. The van der Waals surface area contributed by atoms with Crippen LogP contribution in [0.15, 0.2) is 36.4 Å². The van der Waals surface area contributed by atoms with Crippen molar-refractivity contribution in [2.24, 2.45) is 5.41 Å². The van der Waals surface area contributed by atoms with E-state index in [9.17, 15) is 15.3 Å². The zero-order valence-corrected chi connectivity index (χ0v) is 18.5. The Morgan fingerprint density at radius 1 is 1.25 bits per heavy atom. The number of nitrogens with one attached hydrogen (secondary N) is 1. The molecule has 0 bridgehead atoms. The van der Waals surface area contributed by atoms with E-state index in [1.54, 1.807) is 30.9 Å². The third-order valence-corrected chi connectivity index (χ3v) is 6.91. The second-order valence-corrected chi connectivity index (χ2v) is 9.49. The molecule has 162 valence electrons. The summed E-state index contributed by atoms with van der Waals surface area (Å²) in [5.41, 5.74) is 4.10. The first-order valence-corrected chi connectivity index (χ1v) is 11.1. The summed E-state index contributed by atoms with van der Waals surface area (Å²) < 4.78 is 6.16. The number of aromatic nitrogens is 2. The average molecular weight is 448 g/mol. The predicted octanol–water partition coefficient (Wildman–Crippen LogP) is 3.46. The quantitative estimate of drug-likeness (QED) is 0.489. The van der Waals surface area contributed by atoms with E-state index in [0.717, 1.165) is 20.7 Å². The van der Waals surface area contributed by atoms with Crippen molar-refractivity contribution < 1.29 is 14.3 Å². The largest absolute Gasteiger partial charge is 0.618 e. The van der Waals surface area contributed by atoms with Crippen molar-refractivity contribution in [1.29, 1.82) is 5.26 Å². The summed E-state index contributed by atoms with van der Waals surface area (Å²) in [6.45, 7) is 6.32. The molecule has 1 aromatic carbocycles. The van der Waals surface area contributed by atoms with Gasteiger partial charge in [-0.15, -0.1) is 0 Å². The van der Waals surface area contributed by atoms with Gasteiger partial charge in [0.15, 0.2) is 16.5 Å². The summed E-state index contributed by atoms with van der Waals surface area (Å²) in [7, 11) is 0. The van der Waals surface area contributed by atoms with E-state index in [4.69, 9.17) is 9.72 Å². The number of aryl methyl sites for hydroxylation is 2. The second kappa shape index (κ2) is 7.58. The van der Waals surface area contributed by atoms with Crippen molar-refractivity contribution in [2.45, 2.75) is 13.8 Å². The van der Waals surface area contributed by atoms with E-state index >= 15 is 0 Å². The number of likely N-dealkylation sites (tertiary alicyclic amines) is 1. The molecule has 32 heavy (non-hydrogen) atoms. The topological polar surface area (TPSA) is 105 Å². The Balaban J connectivity index is 1.50. The number of amides is 2. The number of carbonyl (C=O) groups excluding carboxylic acids is 1. The van der Waals surface area contributed by atoms with Crippen LogP contribution in [0.5, 0.6) is 0 Å². The number of nitrogens with zero attached hydrogens (tertiary/aromatic N) is 4. The number of thiazole rings is 1. The van der Waals surface area contributed by atoms with Crippen LogP contribution in [0.2, 0.25) is 0 Å². The number of hydrogen-bond donors (Lipinski definition) is 1. The number of nitriles is 1. The van der Waals surface area contributed by atoms with Crippen LogP contribution in [0.25, 0.3) is 21.7 Å². The highest BCUT2D eigenvalue weighted by Crippen LogP contribution is 2.41. The summed E-state index contributed by atoms with van der Waals surface area (Å²) in [6, 6.07) is 12.8. The third-order valence-electron chi connectivity index (χ3n) is 5.89. The molecule has 8 nitrogen and oxygen atoms in total. The zero-order chi connectivity index (χ0) is 22.5. The van der Waals surface area contributed by atoms with Crippen LogP contribution >= 0.6 is 11.3 Å². The predicted molar refractivity (Wildman–Crippen MR) is 120 cm³/mol. The monoisotopic (exact) mass is 447 g/mol. The van der Waals surface area contributed by atoms with Gasteiger partial charge in [0.25, 0.3) is 0 Å². The fraction of sp³-hybridized carbons (Fsp3) is 0.304. The lowest BCUT2D eigenvalue weighted by molar-refractivity contribution is -0.619. The van der Waals surface area contributed by atoms with Crippen LogP contribution in [0.3, 0.4) is 0 Å². The Hall–Kier alpha value is -3.48. The molecule has 0 aliphatic carbocycles. The molecule has 2 amide bonds. The van der Waals surface area contributed by atoms with Crippen molar-refractivity contribution in [3.63, 3.8) is 0 Å². The van der Waals surface area contributed by atoms with Crippen molar-refractivity contribution in [2.75, 3.05) is 31.6 Å². The Morgan fingerprint density at radius 3 is 2.59 bits per heavy atom. The lowest BCUT2D eigenvalue weighted by atomic mass is 9.78. The molecule has 2 aliphatic rings. The standard InChI is InChI=1S/C23H21N5O3S/c1-14-6-18(7-15(2)28(14)30)20-19(17-5-3-4-16(8-17)9-24)25-21(32-20)26-22(29)27-10-23(11-27)12-31-13-23/h3-8H,10-13H2,1-2H3,(H,25,26,29). The molecule has 0 saturated carbocycles. The Labute approximate surface area is 189 Å². The fourth-order valence-electron chi connectivity index (χ4n) is 4.17. The summed E-state index contributed by atoms with van der Waals surface area (Å²) in [5, 5.41) is 24.8. The molecule has 2 fully saturated rings. The number of hydrogen-bond acceptors (Lipinski definition) is 6. The van der Waals surface area contributed by atoms with Crippen LogP contribution < -0.4 is 10.0 Å². The third kappa shape index (κ3) is 3.47. The molecule has 0 radical (unpaired) electrons. The fourth-order valence-corrected chi connectivity index (χ4v) is 5.13. The molecule has 0 atom stereocenters.